The Morgan fingerprint density at radius 2 is 2.09 bits per heavy atom. The maximum absolute atomic E-state index is 12.4. The van der Waals surface area contributed by atoms with Crippen molar-refractivity contribution >= 4 is 5.91 Å². The first-order chi connectivity index (χ1) is 10.7. The molecular weight excluding hydrogens is 280 g/mol. The van der Waals surface area contributed by atoms with Crippen LogP contribution >= 0.6 is 0 Å². The SMILES string of the molecule is CCOCc1ccccc1CNC(=O)[C@@H]1C[C@H](OC)CN1C. The Balaban J connectivity index is 1.91. The summed E-state index contributed by atoms with van der Waals surface area (Å²) < 4.78 is 10.8. The average Bonchev–Trinajstić information content (AvgIpc) is 2.92. The Labute approximate surface area is 132 Å². The molecule has 1 saturated heterocycles. The summed E-state index contributed by atoms with van der Waals surface area (Å²) >= 11 is 0. The predicted molar refractivity (Wildman–Crippen MR) is 85.5 cm³/mol. The first kappa shape index (κ1) is 16.9. The summed E-state index contributed by atoms with van der Waals surface area (Å²) in [6.45, 7) is 4.58. The van der Waals surface area contributed by atoms with Gasteiger partial charge in [-0.15, -0.1) is 0 Å². The lowest BCUT2D eigenvalue weighted by Crippen LogP contribution is -2.41. The second-order valence-corrected chi connectivity index (χ2v) is 5.67. The van der Waals surface area contributed by atoms with Gasteiger partial charge in [0.15, 0.2) is 0 Å². The van der Waals surface area contributed by atoms with Gasteiger partial charge in [-0.1, -0.05) is 24.3 Å². The van der Waals surface area contributed by atoms with E-state index >= 15 is 0 Å². The predicted octanol–water partition coefficient (Wildman–Crippen LogP) is 1.56. The third kappa shape index (κ3) is 4.29. The van der Waals surface area contributed by atoms with Gasteiger partial charge in [0.05, 0.1) is 18.8 Å². The number of methoxy groups -OCH3 is 1. The zero-order chi connectivity index (χ0) is 15.9. The minimum Gasteiger partial charge on any atom is -0.380 e. The molecule has 0 spiro atoms. The second kappa shape index (κ2) is 8.27. The van der Waals surface area contributed by atoms with Crippen molar-refractivity contribution in [3.05, 3.63) is 35.4 Å². The fourth-order valence-corrected chi connectivity index (χ4v) is 2.81. The van der Waals surface area contributed by atoms with Crippen molar-refractivity contribution in [2.75, 3.05) is 27.3 Å². The van der Waals surface area contributed by atoms with Gasteiger partial charge >= 0.3 is 0 Å². The molecule has 0 aromatic heterocycles. The maximum Gasteiger partial charge on any atom is 0.237 e. The van der Waals surface area contributed by atoms with E-state index in [9.17, 15) is 4.79 Å². The molecule has 0 saturated carbocycles. The van der Waals surface area contributed by atoms with Gasteiger partial charge in [-0.3, -0.25) is 9.69 Å². The standard InChI is InChI=1S/C17H26N2O3/c1-4-22-12-14-8-6-5-7-13(14)10-18-17(20)16-9-15(21-3)11-19(16)2/h5-8,15-16H,4,9-12H2,1-3H3,(H,18,20)/t15-,16-/m0/s1. The molecule has 1 aromatic rings. The van der Waals surface area contributed by atoms with E-state index in [2.05, 4.69) is 10.2 Å². The molecule has 22 heavy (non-hydrogen) atoms. The number of carbonyl (C=O) groups excluding carboxylic acids is 1. The van der Waals surface area contributed by atoms with Crippen molar-refractivity contribution in [3.63, 3.8) is 0 Å². The van der Waals surface area contributed by atoms with E-state index in [4.69, 9.17) is 9.47 Å². The molecule has 122 valence electrons. The topological polar surface area (TPSA) is 50.8 Å². The van der Waals surface area contributed by atoms with Crippen LogP contribution in [0.25, 0.3) is 0 Å². The molecule has 1 N–H and O–H groups in total. The van der Waals surface area contributed by atoms with Gasteiger partial charge in [0.1, 0.15) is 0 Å². The molecular formula is C17H26N2O3. The average molecular weight is 306 g/mol. The van der Waals surface area contributed by atoms with Crippen LogP contribution < -0.4 is 5.32 Å². The quantitative estimate of drug-likeness (QED) is 0.830. The molecule has 1 aliphatic heterocycles. The van der Waals surface area contributed by atoms with E-state index in [0.29, 0.717) is 19.8 Å². The number of ether oxygens (including phenoxy) is 2. The molecule has 2 atom stereocenters. The Morgan fingerprint density at radius 1 is 1.36 bits per heavy atom. The van der Waals surface area contributed by atoms with Crippen molar-refractivity contribution < 1.29 is 14.3 Å². The largest absolute Gasteiger partial charge is 0.380 e. The number of benzene rings is 1. The van der Waals surface area contributed by atoms with Gasteiger partial charge in [0.2, 0.25) is 5.91 Å². The molecule has 0 bridgehead atoms. The molecule has 1 aliphatic rings. The molecule has 0 unspecified atom stereocenters. The number of likely N-dealkylation sites (tertiary alicyclic amines) is 1. The van der Waals surface area contributed by atoms with Crippen LogP contribution in [0.15, 0.2) is 24.3 Å². The van der Waals surface area contributed by atoms with Crippen molar-refractivity contribution in [3.8, 4) is 0 Å². The van der Waals surface area contributed by atoms with E-state index in [-0.39, 0.29) is 18.1 Å². The summed E-state index contributed by atoms with van der Waals surface area (Å²) in [5, 5.41) is 3.04. The highest BCUT2D eigenvalue weighted by Crippen LogP contribution is 2.18. The Kier molecular flexibility index (Phi) is 6.36. The third-order valence-corrected chi connectivity index (χ3v) is 4.18. The molecule has 1 fully saturated rings. The highest BCUT2D eigenvalue weighted by Gasteiger charge is 2.34. The smallest absolute Gasteiger partial charge is 0.237 e. The lowest BCUT2D eigenvalue weighted by molar-refractivity contribution is -0.125. The summed E-state index contributed by atoms with van der Waals surface area (Å²) in [6, 6.07) is 7.95. The number of rotatable bonds is 7. The monoisotopic (exact) mass is 306 g/mol. The maximum atomic E-state index is 12.4. The number of carbonyl (C=O) groups is 1. The molecule has 1 heterocycles. The highest BCUT2D eigenvalue weighted by molar-refractivity contribution is 5.82. The summed E-state index contributed by atoms with van der Waals surface area (Å²) in [7, 11) is 3.66. The fourth-order valence-electron chi connectivity index (χ4n) is 2.81. The van der Waals surface area contributed by atoms with Crippen molar-refractivity contribution in [1.29, 1.82) is 0 Å². The van der Waals surface area contributed by atoms with Gasteiger partial charge < -0.3 is 14.8 Å². The van der Waals surface area contributed by atoms with Crippen LogP contribution in [-0.2, 0) is 27.4 Å². The van der Waals surface area contributed by atoms with Crippen LogP contribution in [0, 0.1) is 0 Å². The minimum atomic E-state index is -0.107. The van der Waals surface area contributed by atoms with Gasteiger partial charge in [0.25, 0.3) is 0 Å². The number of nitrogens with zero attached hydrogens (tertiary/aromatic N) is 1. The van der Waals surface area contributed by atoms with Crippen LogP contribution in [-0.4, -0.2) is 50.3 Å². The van der Waals surface area contributed by atoms with Gasteiger partial charge in [-0.05, 0) is 31.5 Å². The minimum absolute atomic E-state index is 0.0632. The van der Waals surface area contributed by atoms with Crippen molar-refractivity contribution in [2.24, 2.45) is 0 Å². The van der Waals surface area contributed by atoms with E-state index in [1.165, 1.54) is 0 Å². The van der Waals surface area contributed by atoms with Gasteiger partial charge in [-0.2, -0.15) is 0 Å². The van der Waals surface area contributed by atoms with Crippen LogP contribution in [0.1, 0.15) is 24.5 Å². The Morgan fingerprint density at radius 3 is 2.73 bits per heavy atom. The lowest BCUT2D eigenvalue weighted by Gasteiger charge is -2.19. The van der Waals surface area contributed by atoms with Crippen LogP contribution in [0.5, 0.6) is 0 Å². The van der Waals surface area contributed by atoms with Gasteiger partial charge in [0, 0.05) is 26.8 Å². The molecule has 5 heteroatoms. The zero-order valence-electron chi connectivity index (χ0n) is 13.7. The number of nitrogens with one attached hydrogen (secondary N) is 1. The fraction of sp³-hybridized carbons (Fsp3) is 0.588. The van der Waals surface area contributed by atoms with E-state index < -0.39 is 0 Å². The normalized spacial score (nSPS) is 22.0. The summed E-state index contributed by atoms with van der Waals surface area (Å²) in [5.41, 5.74) is 2.23. The summed E-state index contributed by atoms with van der Waals surface area (Å²) in [4.78, 5) is 14.4. The first-order valence-electron chi connectivity index (χ1n) is 7.81. The summed E-state index contributed by atoms with van der Waals surface area (Å²) in [5.74, 6) is 0.0632. The third-order valence-electron chi connectivity index (χ3n) is 4.18. The van der Waals surface area contributed by atoms with Gasteiger partial charge in [-0.25, -0.2) is 0 Å². The van der Waals surface area contributed by atoms with E-state index in [1.807, 2.05) is 38.2 Å². The summed E-state index contributed by atoms with van der Waals surface area (Å²) in [6.07, 6.45) is 0.894. The molecule has 5 nitrogen and oxygen atoms in total. The molecule has 1 amide bonds. The van der Waals surface area contributed by atoms with Crippen LogP contribution in [0.3, 0.4) is 0 Å². The van der Waals surface area contributed by atoms with Crippen molar-refractivity contribution in [2.45, 2.75) is 38.6 Å². The molecule has 0 aliphatic carbocycles. The van der Waals surface area contributed by atoms with E-state index in [0.717, 1.165) is 24.1 Å². The second-order valence-electron chi connectivity index (χ2n) is 5.67. The first-order valence-corrected chi connectivity index (χ1v) is 7.81. The van der Waals surface area contributed by atoms with Crippen molar-refractivity contribution in [1.82, 2.24) is 10.2 Å². The Hall–Kier alpha value is -1.43. The number of hydrogen-bond acceptors (Lipinski definition) is 4. The zero-order valence-corrected chi connectivity index (χ0v) is 13.7. The Bertz CT molecular complexity index is 493. The molecule has 2 rings (SSSR count). The van der Waals surface area contributed by atoms with Crippen LogP contribution in [0.4, 0.5) is 0 Å². The van der Waals surface area contributed by atoms with E-state index in [1.54, 1.807) is 7.11 Å². The number of hydrogen-bond donors (Lipinski definition) is 1. The molecule has 1 aromatic carbocycles. The van der Waals surface area contributed by atoms with Crippen LogP contribution in [0.2, 0.25) is 0 Å². The number of amides is 1. The lowest BCUT2D eigenvalue weighted by atomic mass is 10.1. The molecule has 0 radical (unpaired) electrons. The highest BCUT2D eigenvalue weighted by atomic mass is 16.5. The number of likely N-dealkylation sites (N-methyl/N-ethyl adjacent to an activating group) is 1.